The van der Waals surface area contributed by atoms with E-state index in [2.05, 4.69) is 11.7 Å². The maximum absolute atomic E-state index is 10.9. The number of methoxy groups -OCH3 is 1. The third kappa shape index (κ3) is 5.19. The van der Waals surface area contributed by atoms with E-state index in [4.69, 9.17) is 10.5 Å². The normalized spacial score (nSPS) is 11.9. The summed E-state index contributed by atoms with van der Waals surface area (Å²) in [7, 11) is 1.37. The number of carbonyl (C=O) groups excluding carboxylic acids is 1. The number of benzene rings is 1. The van der Waals surface area contributed by atoms with E-state index in [0.717, 1.165) is 24.2 Å². The van der Waals surface area contributed by atoms with Gasteiger partial charge in [-0.15, -0.1) is 0 Å². The van der Waals surface area contributed by atoms with Crippen molar-refractivity contribution in [1.82, 2.24) is 0 Å². The Labute approximate surface area is 108 Å². The van der Waals surface area contributed by atoms with Crippen LogP contribution in [0.1, 0.15) is 25.3 Å². The molecule has 0 aliphatic heterocycles. The van der Waals surface area contributed by atoms with Gasteiger partial charge in [-0.3, -0.25) is 4.79 Å². The largest absolute Gasteiger partial charge is 0.493 e. The predicted octanol–water partition coefficient (Wildman–Crippen LogP) is 1.91. The molecule has 4 heteroatoms. The van der Waals surface area contributed by atoms with E-state index >= 15 is 0 Å². The first-order valence-electron chi connectivity index (χ1n) is 6.19. The zero-order chi connectivity index (χ0) is 13.4. The summed E-state index contributed by atoms with van der Waals surface area (Å²) in [6.45, 7) is 2.40. The molecule has 0 heterocycles. The Bertz CT molecular complexity index is 379. The molecule has 0 amide bonds. The number of rotatable bonds is 7. The van der Waals surface area contributed by atoms with Crippen LogP contribution in [0.15, 0.2) is 24.3 Å². The molecule has 18 heavy (non-hydrogen) atoms. The Morgan fingerprint density at radius 1 is 1.44 bits per heavy atom. The minimum atomic E-state index is -0.265. The Hall–Kier alpha value is -1.55. The maximum Gasteiger partial charge on any atom is 0.308 e. The standard InChI is InChI=1S/C14H21NO3/c1-3-12(15)9-11-5-4-6-13(10-11)18-8-7-14(16)17-2/h4-6,10,12H,3,7-9,15H2,1-2H3. The lowest BCUT2D eigenvalue weighted by atomic mass is 10.0. The highest BCUT2D eigenvalue weighted by molar-refractivity contribution is 5.69. The van der Waals surface area contributed by atoms with Gasteiger partial charge in [0.05, 0.1) is 20.1 Å². The van der Waals surface area contributed by atoms with Gasteiger partial charge in [0.2, 0.25) is 0 Å². The quantitative estimate of drug-likeness (QED) is 0.752. The minimum absolute atomic E-state index is 0.176. The van der Waals surface area contributed by atoms with Gasteiger partial charge in [-0.1, -0.05) is 19.1 Å². The molecule has 0 radical (unpaired) electrons. The van der Waals surface area contributed by atoms with Crippen LogP contribution in [-0.2, 0) is 16.0 Å². The van der Waals surface area contributed by atoms with Crippen molar-refractivity contribution in [1.29, 1.82) is 0 Å². The fraction of sp³-hybridized carbons (Fsp3) is 0.500. The van der Waals surface area contributed by atoms with Crippen LogP contribution in [0.4, 0.5) is 0 Å². The topological polar surface area (TPSA) is 61.5 Å². The molecule has 0 fully saturated rings. The van der Waals surface area contributed by atoms with Crippen LogP contribution in [-0.4, -0.2) is 25.7 Å². The first-order chi connectivity index (χ1) is 8.65. The number of esters is 1. The molecular formula is C14H21NO3. The molecule has 1 unspecified atom stereocenters. The Balaban J connectivity index is 2.46. The average molecular weight is 251 g/mol. The predicted molar refractivity (Wildman–Crippen MR) is 70.5 cm³/mol. The molecular weight excluding hydrogens is 230 g/mol. The molecule has 0 aliphatic rings. The van der Waals surface area contributed by atoms with Gasteiger partial charge in [0.1, 0.15) is 5.75 Å². The Morgan fingerprint density at radius 2 is 2.22 bits per heavy atom. The summed E-state index contributed by atoms with van der Waals surface area (Å²) < 4.78 is 10.0. The van der Waals surface area contributed by atoms with E-state index in [1.54, 1.807) is 0 Å². The van der Waals surface area contributed by atoms with Crippen LogP contribution in [0.25, 0.3) is 0 Å². The number of carbonyl (C=O) groups is 1. The van der Waals surface area contributed by atoms with Gasteiger partial charge < -0.3 is 15.2 Å². The van der Waals surface area contributed by atoms with Crippen LogP contribution in [0, 0.1) is 0 Å². The minimum Gasteiger partial charge on any atom is -0.493 e. The highest BCUT2D eigenvalue weighted by atomic mass is 16.5. The van der Waals surface area contributed by atoms with Gasteiger partial charge in [-0.25, -0.2) is 0 Å². The molecule has 0 spiro atoms. The second-order valence-electron chi connectivity index (χ2n) is 4.19. The number of hydrogen-bond donors (Lipinski definition) is 1. The van der Waals surface area contributed by atoms with Crippen molar-refractivity contribution in [2.45, 2.75) is 32.2 Å². The van der Waals surface area contributed by atoms with Crippen molar-refractivity contribution >= 4 is 5.97 Å². The molecule has 0 bridgehead atoms. The van der Waals surface area contributed by atoms with Crippen LogP contribution in [0.3, 0.4) is 0 Å². The number of ether oxygens (including phenoxy) is 2. The number of hydrogen-bond acceptors (Lipinski definition) is 4. The third-order valence-corrected chi connectivity index (χ3v) is 2.72. The van der Waals surface area contributed by atoms with Crippen molar-refractivity contribution in [2.24, 2.45) is 5.73 Å². The lowest BCUT2D eigenvalue weighted by Crippen LogP contribution is -2.21. The van der Waals surface area contributed by atoms with E-state index < -0.39 is 0 Å². The van der Waals surface area contributed by atoms with Gasteiger partial charge in [0, 0.05) is 6.04 Å². The van der Waals surface area contributed by atoms with Crippen LogP contribution in [0.5, 0.6) is 5.75 Å². The van der Waals surface area contributed by atoms with E-state index in [-0.39, 0.29) is 18.4 Å². The zero-order valence-corrected chi connectivity index (χ0v) is 11.0. The van der Waals surface area contributed by atoms with Crippen molar-refractivity contribution in [3.05, 3.63) is 29.8 Å². The van der Waals surface area contributed by atoms with E-state index in [1.807, 2.05) is 24.3 Å². The Kier molecular flexibility index (Phi) is 6.22. The molecule has 2 N–H and O–H groups in total. The SMILES string of the molecule is CCC(N)Cc1cccc(OCCC(=O)OC)c1. The summed E-state index contributed by atoms with van der Waals surface area (Å²) in [4.78, 5) is 10.9. The first kappa shape index (κ1) is 14.5. The first-order valence-corrected chi connectivity index (χ1v) is 6.19. The molecule has 4 nitrogen and oxygen atoms in total. The zero-order valence-electron chi connectivity index (χ0n) is 11.0. The van der Waals surface area contributed by atoms with Crippen molar-refractivity contribution in [2.75, 3.05) is 13.7 Å². The molecule has 1 atom stereocenters. The molecule has 100 valence electrons. The monoisotopic (exact) mass is 251 g/mol. The van der Waals surface area contributed by atoms with Crippen LogP contribution < -0.4 is 10.5 Å². The lowest BCUT2D eigenvalue weighted by Gasteiger charge is -2.10. The maximum atomic E-state index is 10.9. The van der Waals surface area contributed by atoms with Gasteiger partial charge in [0.25, 0.3) is 0 Å². The van der Waals surface area contributed by atoms with Gasteiger partial charge >= 0.3 is 5.97 Å². The van der Waals surface area contributed by atoms with Gasteiger partial charge in [-0.05, 0) is 30.5 Å². The summed E-state index contributed by atoms with van der Waals surface area (Å²) >= 11 is 0. The van der Waals surface area contributed by atoms with E-state index in [0.29, 0.717) is 6.61 Å². The van der Waals surface area contributed by atoms with Crippen molar-refractivity contribution < 1.29 is 14.3 Å². The van der Waals surface area contributed by atoms with E-state index in [1.165, 1.54) is 7.11 Å². The highest BCUT2D eigenvalue weighted by Gasteiger charge is 2.04. The third-order valence-electron chi connectivity index (χ3n) is 2.72. The summed E-state index contributed by atoms with van der Waals surface area (Å²) in [6, 6.07) is 7.98. The summed E-state index contributed by atoms with van der Waals surface area (Å²) in [5, 5.41) is 0. The molecule has 0 saturated heterocycles. The van der Waals surface area contributed by atoms with Crippen LogP contribution >= 0.6 is 0 Å². The van der Waals surface area contributed by atoms with E-state index in [9.17, 15) is 4.79 Å². The molecule has 1 aromatic rings. The summed E-state index contributed by atoms with van der Waals surface area (Å²) in [5.74, 6) is 0.499. The molecule has 1 aromatic carbocycles. The van der Waals surface area contributed by atoms with Crippen LogP contribution in [0.2, 0.25) is 0 Å². The fourth-order valence-electron chi connectivity index (χ4n) is 1.56. The smallest absolute Gasteiger partial charge is 0.308 e. The van der Waals surface area contributed by atoms with Gasteiger partial charge in [0.15, 0.2) is 0 Å². The van der Waals surface area contributed by atoms with Crippen molar-refractivity contribution in [3.8, 4) is 5.75 Å². The summed E-state index contributed by atoms with van der Waals surface area (Å²) in [6.07, 6.45) is 2.05. The molecule has 1 rings (SSSR count). The molecule has 0 saturated carbocycles. The van der Waals surface area contributed by atoms with Gasteiger partial charge in [-0.2, -0.15) is 0 Å². The number of nitrogens with two attached hydrogens (primary N) is 1. The fourth-order valence-corrected chi connectivity index (χ4v) is 1.56. The molecule has 0 aromatic heterocycles. The second kappa shape index (κ2) is 7.71. The highest BCUT2D eigenvalue weighted by Crippen LogP contribution is 2.15. The molecule has 0 aliphatic carbocycles. The van der Waals surface area contributed by atoms with Crippen molar-refractivity contribution in [3.63, 3.8) is 0 Å². The Morgan fingerprint density at radius 3 is 2.89 bits per heavy atom. The second-order valence-corrected chi connectivity index (χ2v) is 4.19. The lowest BCUT2D eigenvalue weighted by molar-refractivity contribution is -0.141. The summed E-state index contributed by atoms with van der Waals surface area (Å²) in [5.41, 5.74) is 7.06. The average Bonchev–Trinajstić information content (AvgIpc) is 2.38.